The van der Waals surface area contributed by atoms with Crippen molar-refractivity contribution in [2.75, 3.05) is 11.9 Å². The largest absolute Gasteiger partial charge is 0.364 e. The van der Waals surface area contributed by atoms with Gasteiger partial charge < -0.3 is 15.8 Å². The number of hydrogen-bond acceptors (Lipinski definition) is 6. The number of rotatable bonds is 15. The molecule has 0 bridgehead atoms. The first kappa shape index (κ1) is 39.7. The van der Waals surface area contributed by atoms with Crippen LogP contribution in [0.5, 0.6) is 0 Å². The molecule has 0 unspecified atom stereocenters. The number of nitrogens with two attached hydrogens (primary N) is 1. The molecule has 1 atom stereocenters. The van der Waals surface area contributed by atoms with Gasteiger partial charge in [-0.1, -0.05) is 83.8 Å². The van der Waals surface area contributed by atoms with Gasteiger partial charge in [-0.05, 0) is 57.6 Å². The Morgan fingerprint density at radius 2 is 1.60 bits per heavy atom. The van der Waals surface area contributed by atoms with E-state index >= 15 is 0 Å². The number of amides is 2. The standard InChI is InChI=1S/C39H59F2N7O3Si/c1-24(2)48-36(38(42)49)31(22-44-48)35(34(27-14-10-8-11-15-27)28-16-12-9-13-17-28)39(50)45-32-20-29(37(40)41)30(21-43-32)33-25(3)46-47(26(33)4)23-51-18-19-52(5,6)7/h20-22,24,27-28,34-35,37H,8-19,23H2,1-7H3,(H2,42,49)(H,43,45,50)/t35-/m1/s1. The quantitative estimate of drug-likeness (QED) is 0.118. The van der Waals surface area contributed by atoms with Gasteiger partial charge in [0.15, 0.2) is 0 Å². The average molecular weight is 740 g/mol. The van der Waals surface area contributed by atoms with Crippen molar-refractivity contribution in [3.63, 3.8) is 0 Å². The molecular formula is C39H59F2N7O3Si. The van der Waals surface area contributed by atoms with E-state index in [1.165, 1.54) is 25.1 Å². The number of halogens is 2. The highest BCUT2D eigenvalue weighted by atomic mass is 28.3. The van der Waals surface area contributed by atoms with Gasteiger partial charge in [0.1, 0.15) is 18.2 Å². The van der Waals surface area contributed by atoms with E-state index in [4.69, 9.17) is 10.5 Å². The number of aromatic nitrogens is 5. The molecule has 2 amide bonds. The van der Waals surface area contributed by atoms with Gasteiger partial charge in [-0.15, -0.1) is 0 Å². The molecule has 0 aliphatic heterocycles. The molecule has 0 aromatic carbocycles. The second-order valence-electron chi connectivity index (χ2n) is 16.5. The van der Waals surface area contributed by atoms with E-state index in [2.05, 4.69) is 40.1 Å². The van der Waals surface area contributed by atoms with Gasteiger partial charge in [0, 0.05) is 54.9 Å². The molecular weight excluding hydrogens is 681 g/mol. The van der Waals surface area contributed by atoms with Crippen LogP contribution < -0.4 is 11.1 Å². The van der Waals surface area contributed by atoms with Gasteiger partial charge in [-0.25, -0.2) is 18.4 Å². The molecule has 2 aliphatic carbocycles. The highest BCUT2D eigenvalue weighted by molar-refractivity contribution is 6.76. The number of aryl methyl sites for hydroxylation is 1. The first-order valence-corrected chi connectivity index (χ1v) is 23.0. The first-order chi connectivity index (χ1) is 24.7. The molecule has 10 nitrogen and oxygen atoms in total. The van der Waals surface area contributed by atoms with Gasteiger partial charge in [0.25, 0.3) is 12.3 Å². The van der Waals surface area contributed by atoms with Gasteiger partial charge >= 0.3 is 0 Å². The van der Waals surface area contributed by atoms with E-state index in [0.717, 1.165) is 57.4 Å². The predicted molar refractivity (Wildman–Crippen MR) is 203 cm³/mol. The van der Waals surface area contributed by atoms with E-state index in [9.17, 15) is 18.4 Å². The molecule has 3 aromatic heterocycles. The molecule has 2 aliphatic rings. The van der Waals surface area contributed by atoms with E-state index in [-0.39, 0.29) is 59.1 Å². The summed E-state index contributed by atoms with van der Waals surface area (Å²) in [4.78, 5) is 32.4. The smallest absolute Gasteiger partial charge is 0.267 e. The Morgan fingerprint density at radius 1 is 0.981 bits per heavy atom. The normalized spacial score (nSPS) is 17.0. The fraction of sp³-hybridized carbons (Fsp3) is 0.667. The number of alkyl halides is 2. The summed E-state index contributed by atoms with van der Waals surface area (Å²) in [6.07, 6.45) is 10.9. The number of nitrogens with zero attached hydrogens (tertiary/aromatic N) is 5. The topological polar surface area (TPSA) is 130 Å². The number of carbonyl (C=O) groups is 2. The van der Waals surface area contributed by atoms with Crippen molar-refractivity contribution < 1.29 is 23.1 Å². The first-order valence-electron chi connectivity index (χ1n) is 19.3. The van der Waals surface area contributed by atoms with Crippen LogP contribution >= 0.6 is 0 Å². The number of anilines is 1. The zero-order chi connectivity index (χ0) is 37.7. The summed E-state index contributed by atoms with van der Waals surface area (Å²) in [6.45, 7) is 15.2. The second-order valence-corrected chi connectivity index (χ2v) is 22.2. The Balaban J connectivity index is 1.51. The molecule has 0 saturated heterocycles. The second kappa shape index (κ2) is 17.1. The van der Waals surface area contributed by atoms with E-state index in [1.807, 2.05) is 20.8 Å². The predicted octanol–water partition coefficient (Wildman–Crippen LogP) is 9.19. The van der Waals surface area contributed by atoms with Crippen LogP contribution in [0.15, 0.2) is 18.5 Å². The summed E-state index contributed by atoms with van der Waals surface area (Å²) in [5, 5.41) is 12.1. The van der Waals surface area contributed by atoms with Gasteiger partial charge in [-0.2, -0.15) is 10.2 Å². The maximum Gasteiger partial charge on any atom is 0.267 e. The summed E-state index contributed by atoms with van der Waals surface area (Å²) in [5.74, 6) is -1.21. The summed E-state index contributed by atoms with van der Waals surface area (Å²) >= 11 is 0. The number of pyridine rings is 1. The minimum Gasteiger partial charge on any atom is -0.364 e. The maximum absolute atomic E-state index is 14.9. The molecule has 286 valence electrons. The number of carbonyl (C=O) groups excluding carboxylic acids is 2. The molecule has 3 aromatic rings. The Kier molecular flexibility index (Phi) is 13.1. The number of primary amides is 1. The van der Waals surface area contributed by atoms with Crippen LogP contribution in [0, 0.1) is 31.6 Å². The molecule has 52 heavy (non-hydrogen) atoms. The van der Waals surface area contributed by atoms with Crippen molar-refractivity contribution in [3.05, 3.63) is 46.7 Å². The lowest BCUT2D eigenvalue weighted by molar-refractivity contribution is -0.120. The van der Waals surface area contributed by atoms with Crippen LogP contribution in [0.3, 0.4) is 0 Å². The summed E-state index contributed by atoms with van der Waals surface area (Å²) in [6, 6.07) is 2.13. The zero-order valence-electron chi connectivity index (χ0n) is 32.2. The highest BCUT2D eigenvalue weighted by Crippen LogP contribution is 2.48. The van der Waals surface area contributed by atoms with Gasteiger partial charge in [0.05, 0.1) is 17.8 Å². The Morgan fingerprint density at radius 3 is 2.13 bits per heavy atom. The van der Waals surface area contributed by atoms with E-state index in [0.29, 0.717) is 29.1 Å². The number of ether oxygens (including phenoxy) is 1. The molecule has 3 heterocycles. The van der Waals surface area contributed by atoms with Crippen LogP contribution in [-0.4, -0.2) is 51.0 Å². The van der Waals surface area contributed by atoms with E-state index in [1.54, 1.807) is 22.5 Å². The Bertz CT molecular complexity index is 1670. The fourth-order valence-electron chi connectivity index (χ4n) is 8.62. The van der Waals surface area contributed by atoms with Crippen molar-refractivity contribution >= 4 is 25.7 Å². The van der Waals surface area contributed by atoms with Gasteiger partial charge in [-0.3, -0.25) is 14.3 Å². The number of hydrogen-bond donors (Lipinski definition) is 2. The average Bonchev–Trinajstić information content (AvgIpc) is 3.66. The lowest BCUT2D eigenvalue weighted by Crippen LogP contribution is -2.39. The van der Waals surface area contributed by atoms with Crippen LogP contribution in [0.2, 0.25) is 25.7 Å². The third kappa shape index (κ3) is 9.18. The number of nitrogens with one attached hydrogen (secondary N) is 1. The van der Waals surface area contributed by atoms with Crippen molar-refractivity contribution in [2.24, 2.45) is 23.5 Å². The molecule has 3 N–H and O–H groups in total. The summed E-state index contributed by atoms with van der Waals surface area (Å²) < 4.78 is 39.0. The Hall–Kier alpha value is -3.45. The van der Waals surface area contributed by atoms with Crippen LogP contribution in [-0.2, 0) is 16.3 Å². The molecule has 0 spiro atoms. The zero-order valence-corrected chi connectivity index (χ0v) is 33.2. The molecule has 2 saturated carbocycles. The summed E-state index contributed by atoms with van der Waals surface area (Å²) in [5.41, 5.74) is 8.65. The molecule has 2 fully saturated rings. The lowest BCUT2D eigenvalue weighted by Gasteiger charge is -2.42. The SMILES string of the molecule is Cc1nn(COCC[Si](C)(C)C)c(C)c1-c1cnc(NC(=O)[C@H](c2cnn(C(C)C)c2C(N)=O)C(C2CCCCC2)C2CCCCC2)cc1C(F)F. The minimum absolute atomic E-state index is 0.0364. The third-order valence-corrected chi connectivity index (χ3v) is 12.9. The van der Waals surface area contributed by atoms with Crippen molar-refractivity contribution in [2.45, 2.75) is 143 Å². The molecule has 0 radical (unpaired) electrons. The van der Waals surface area contributed by atoms with Crippen LogP contribution in [0.4, 0.5) is 14.6 Å². The monoisotopic (exact) mass is 739 g/mol. The van der Waals surface area contributed by atoms with E-state index < -0.39 is 26.3 Å². The fourth-order valence-corrected chi connectivity index (χ4v) is 9.37. The lowest BCUT2D eigenvalue weighted by atomic mass is 9.63. The van der Waals surface area contributed by atoms with Crippen LogP contribution in [0.25, 0.3) is 11.1 Å². The van der Waals surface area contributed by atoms with Crippen molar-refractivity contribution in [3.8, 4) is 11.1 Å². The Labute approximate surface area is 308 Å². The summed E-state index contributed by atoms with van der Waals surface area (Å²) in [7, 11) is -1.27. The molecule has 5 rings (SSSR count). The van der Waals surface area contributed by atoms with Crippen molar-refractivity contribution in [1.29, 1.82) is 0 Å². The molecule has 13 heteroatoms. The minimum atomic E-state index is -2.83. The van der Waals surface area contributed by atoms with Crippen LogP contribution in [0.1, 0.15) is 129 Å². The van der Waals surface area contributed by atoms with Gasteiger partial charge in [0.2, 0.25) is 5.91 Å². The maximum atomic E-state index is 14.9. The van der Waals surface area contributed by atoms with Crippen molar-refractivity contribution in [1.82, 2.24) is 24.5 Å². The third-order valence-electron chi connectivity index (χ3n) is 11.2. The highest BCUT2D eigenvalue weighted by Gasteiger charge is 2.43.